The summed E-state index contributed by atoms with van der Waals surface area (Å²) in [6.07, 6.45) is -2.29. The number of nitrogens with one attached hydrogen (secondary N) is 2. The number of nitrogens with zero attached hydrogens (tertiary/aromatic N) is 2. The van der Waals surface area contributed by atoms with Crippen LogP contribution in [0.1, 0.15) is 48.1 Å². The van der Waals surface area contributed by atoms with Crippen molar-refractivity contribution in [2.24, 2.45) is 5.92 Å². The minimum atomic E-state index is -4.69. The molecule has 0 bridgehead atoms. The lowest BCUT2D eigenvalue weighted by Gasteiger charge is -2.34. The van der Waals surface area contributed by atoms with E-state index in [0.717, 1.165) is 24.5 Å². The Morgan fingerprint density at radius 2 is 1.67 bits per heavy atom. The number of anilines is 2. The molecule has 0 aliphatic carbocycles. The van der Waals surface area contributed by atoms with Crippen LogP contribution in [-0.2, 0) is 34.0 Å². The zero-order valence-electron chi connectivity index (χ0n) is 23.3. The van der Waals surface area contributed by atoms with Crippen molar-refractivity contribution < 1.29 is 39.6 Å². The van der Waals surface area contributed by atoms with Crippen molar-refractivity contribution >= 4 is 27.4 Å². The third-order valence-electron chi connectivity index (χ3n) is 7.24. The fraction of sp³-hybridized carbons (Fsp3) is 0.379. The van der Waals surface area contributed by atoms with Crippen LogP contribution in [0.15, 0.2) is 48.5 Å². The molecule has 1 fully saturated rings. The molecule has 43 heavy (non-hydrogen) atoms. The maximum absolute atomic E-state index is 14.4. The molecule has 0 spiro atoms. The molecule has 1 unspecified atom stereocenters. The first-order chi connectivity index (χ1) is 20.1. The normalized spacial score (nSPS) is 15.3. The Morgan fingerprint density at radius 1 is 1.02 bits per heavy atom. The summed E-state index contributed by atoms with van der Waals surface area (Å²) in [5.74, 6) is -3.48. The molecule has 1 saturated heterocycles. The summed E-state index contributed by atoms with van der Waals surface area (Å²) in [5.41, 5.74) is -0.238. The second-order valence-electron chi connectivity index (χ2n) is 10.6. The van der Waals surface area contributed by atoms with Crippen molar-refractivity contribution in [2.45, 2.75) is 44.8 Å². The molecular formula is C29H30F6N4O3S. The third kappa shape index (κ3) is 8.62. The maximum Gasteiger partial charge on any atom is 0.433 e. The molecule has 4 rings (SSSR count). The Balaban J connectivity index is 1.45. The quantitative estimate of drug-likeness (QED) is 0.294. The SMILES string of the molecule is CC(C(=O)NCc1ccc(C(F)(F)F)nc1N1CCC(Cc2cc(F)cc(F)c2)CC1)c1ccc(NS(C)(=O)=O)c(F)c1. The molecule has 3 aromatic rings. The number of rotatable bonds is 9. The van der Waals surface area contributed by atoms with Gasteiger partial charge in [0.25, 0.3) is 0 Å². The number of carbonyl (C=O) groups is 1. The largest absolute Gasteiger partial charge is 0.433 e. The molecule has 1 atom stereocenters. The van der Waals surface area contributed by atoms with Gasteiger partial charge in [-0.3, -0.25) is 9.52 Å². The van der Waals surface area contributed by atoms with E-state index in [1.165, 1.54) is 37.3 Å². The van der Waals surface area contributed by atoms with Crippen LogP contribution in [0.2, 0.25) is 0 Å². The predicted molar refractivity (Wildman–Crippen MR) is 149 cm³/mol. The first-order valence-electron chi connectivity index (χ1n) is 13.4. The van der Waals surface area contributed by atoms with Crippen LogP contribution in [0.4, 0.5) is 37.8 Å². The van der Waals surface area contributed by atoms with Gasteiger partial charge < -0.3 is 10.2 Å². The van der Waals surface area contributed by atoms with Crippen molar-refractivity contribution in [1.29, 1.82) is 0 Å². The van der Waals surface area contributed by atoms with Gasteiger partial charge in [-0.1, -0.05) is 12.1 Å². The van der Waals surface area contributed by atoms with Crippen molar-refractivity contribution in [3.05, 3.63) is 88.4 Å². The molecule has 0 saturated carbocycles. The van der Waals surface area contributed by atoms with Gasteiger partial charge in [-0.15, -0.1) is 0 Å². The van der Waals surface area contributed by atoms with Gasteiger partial charge in [0, 0.05) is 31.3 Å². The van der Waals surface area contributed by atoms with E-state index in [2.05, 4.69) is 10.3 Å². The Kier molecular flexibility index (Phi) is 9.57. The van der Waals surface area contributed by atoms with Crippen LogP contribution in [0.3, 0.4) is 0 Å². The van der Waals surface area contributed by atoms with E-state index in [4.69, 9.17) is 0 Å². The number of aromatic nitrogens is 1. The topological polar surface area (TPSA) is 91.4 Å². The maximum atomic E-state index is 14.4. The number of carbonyl (C=O) groups excluding carboxylic acids is 1. The monoisotopic (exact) mass is 628 g/mol. The van der Waals surface area contributed by atoms with Crippen molar-refractivity contribution in [1.82, 2.24) is 10.3 Å². The summed E-state index contributed by atoms with van der Waals surface area (Å²) in [7, 11) is -3.71. The van der Waals surface area contributed by atoms with Gasteiger partial charge in [-0.2, -0.15) is 13.2 Å². The molecule has 0 radical (unpaired) electrons. The number of pyridine rings is 1. The Morgan fingerprint density at radius 3 is 2.26 bits per heavy atom. The van der Waals surface area contributed by atoms with Crippen LogP contribution in [0.5, 0.6) is 0 Å². The zero-order chi connectivity index (χ0) is 31.5. The number of halogens is 6. The van der Waals surface area contributed by atoms with E-state index >= 15 is 0 Å². The van der Waals surface area contributed by atoms with Crippen molar-refractivity contribution in [3.63, 3.8) is 0 Å². The average Bonchev–Trinajstić information content (AvgIpc) is 2.91. The Hall–Kier alpha value is -3.81. The lowest BCUT2D eigenvalue weighted by Crippen LogP contribution is -2.37. The van der Waals surface area contributed by atoms with E-state index in [-0.39, 0.29) is 29.5 Å². The highest BCUT2D eigenvalue weighted by Crippen LogP contribution is 2.33. The third-order valence-corrected chi connectivity index (χ3v) is 7.83. The summed E-state index contributed by atoms with van der Waals surface area (Å²) in [5, 5.41) is 2.67. The minimum absolute atomic E-state index is 0.0617. The van der Waals surface area contributed by atoms with Crippen LogP contribution in [0, 0.1) is 23.4 Å². The zero-order valence-corrected chi connectivity index (χ0v) is 24.1. The minimum Gasteiger partial charge on any atom is -0.356 e. The van der Waals surface area contributed by atoms with Crippen LogP contribution >= 0.6 is 0 Å². The first kappa shape index (κ1) is 32.1. The summed E-state index contributed by atoms with van der Waals surface area (Å²) < 4.78 is 107. The van der Waals surface area contributed by atoms with Gasteiger partial charge in [0.1, 0.15) is 29.0 Å². The van der Waals surface area contributed by atoms with E-state index < -0.39 is 51.2 Å². The van der Waals surface area contributed by atoms with Crippen LogP contribution in [0.25, 0.3) is 0 Å². The molecule has 7 nitrogen and oxygen atoms in total. The van der Waals surface area contributed by atoms with Crippen molar-refractivity contribution in [3.8, 4) is 0 Å². The molecule has 232 valence electrons. The van der Waals surface area contributed by atoms with Gasteiger partial charge in [-0.05, 0) is 73.6 Å². The number of hydrogen-bond acceptors (Lipinski definition) is 5. The summed E-state index contributed by atoms with van der Waals surface area (Å²) in [6, 6.07) is 9.04. The lowest BCUT2D eigenvalue weighted by atomic mass is 9.90. The number of alkyl halides is 3. The van der Waals surface area contributed by atoms with E-state index in [1.54, 1.807) is 4.90 Å². The van der Waals surface area contributed by atoms with Crippen molar-refractivity contribution in [2.75, 3.05) is 29.0 Å². The smallest absolute Gasteiger partial charge is 0.356 e. The standard InChI is InChI=1S/C29H30F6N4O3S/c1-17(20-3-5-25(24(32)14-20)38-43(2,41)42)28(40)36-16-21-4-6-26(29(33,34)35)37-27(21)39-9-7-18(8-10-39)11-19-12-22(30)15-23(31)13-19/h3-6,12-15,17-18,38H,7-11,16H2,1-2H3,(H,36,40). The molecule has 14 heteroatoms. The second kappa shape index (κ2) is 12.8. The second-order valence-corrected chi connectivity index (χ2v) is 12.4. The molecule has 2 heterocycles. The highest BCUT2D eigenvalue weighted by Gasteiger charge is 2.34. The molecule has 1 aliphatic rings. The fourth-order valence-corrected chi connectivity index (χ4v) is 5.59. The molecular weight excluding hydrogens is 598 g/mol. The number of amides is 1. The molecule has 2 aromatic carbocycles. The van der Waals surface area contributed by atoms with Gasteiger partial charge in [0.15, 0.2) is 0 Å². The van der Waals surface area contributed by atoms with Crippen LogP contribution in [-0.4, -0.2) is 38.7 Å². The highest BCUT2D eigenvalue weighted by molar-refractivity contribution is 7.92. The number of hydrogen-bond donors (Lipinski definition) is 2. The van der Waals surface area contributed by atoms with Crippen LogP contribution < -0.4 is 14.9 Å². The summed E-state index contributed by atoms with van der Waals surface area (Å²) in [6.45, 7) is 2.06. The average molecular weight is 629 g/mol. The molecule has 1 aromatic heterocycles. The summed E-state index contributed by atoms with van der Waals surface area (Å²) >= 11 is 0. The fourth-order valence-electron chi connectivity index (χ4n) is 5.03. The Labute approximate surface area is 245 Å². The number of piperidine rings is 1. The lowest BCUT2D eigenvalue weighted by molar-refractivity contribution is -0.141. The van der Waals surface area contributed by atoms with E-state index in [0.29, 0.717) is 43.5 Å². The van der Waals surface area contributed by atoms with Gasteiger partial charge >= 0.3 is 6.18 Å². The van der Waals surface area contributed by atoms with Gasteiger partial charge in [0.05, 0.1) is 17.9 Å². The van der Waals surface area contributed by atoms with E-state index in [9.17, 15) is 39.6 Å². The highest BCUT2D eigenvalue weighted by atomic mass is 32.2. The predicted octanol–water partition coefficient (Wildman–Crippen LogP) is 5.77. The Bertz CT molecular complexity index is 1570. The van der Waals surface area contributed by atoms with Gasteiger partial charge in [-0.25, -0.2) is 26.6 Å². The first-order valence-corrected chi connectivity index (χ1v) is 15.3. The molecule has 1 aliphatic heterocycles. The van der Waals surface area contributed by atoms with E-state index in [1.807, 2.05) is 4.72 Å². The number of sulfonamides is 1. The molecule has 2 N–H and O–H groups in total. The summed E-state index contributed by atoms with van der Waals surface area (Å²) in [4.78, 5) is 18.5. The van der Waals surface area contributed by atoms with Gasteiger partial charge in [0.2, 0.25) is 15.9 Å². The number of benzene rings is 2. The molecule has 1 amide bonds.